The first-order valence-corrected chi connectivity index (χ1v) is 11.3. The van der Waals surface area contributed by atoms with Crippen molar-refractivity contribution in [2.75, 3.05) is 40.3 Å². The molecule has 10 nitrogen and oxygen atoms in total. The lowest BCUT2D eigenvalue weighted by atomic mass is 9.74. The summed E-state index contributed by atoms with van der Waals surface area (Å²) >= 11 is 0. The van der Waals surface area contributed by atoms with Gasteiger partial charge in [-0.2, -0.15) is 0 Å². The Morgan fingerprint density at radius 3 is 2.37 bits per heavy atom. The van der Waals surface area contributed by atoms with Gasteiger partial charge in [-0.25, -0.2) is 4.39 Å². The average Bonchev–Trinajstić information content (AvgIpc) is 2.76. The average molecular weight is 500 g/mol. The second kappa shape index (κ2) is 14.1. The fourth-order valence-electron chi connectivity index (χ4n) is 4.56. The number of carbonyl (C=O) groups excluding carboxylic acids is 1. The van der Waals surface area contributed by atoms with Crippen LogP contribution in [0.2, 0.25) is 0 Å². The molecule has 1 aromatic carbocycles. The number of carbonyl (C=O) groups is 3. The Kier molecular flexibility index (Phi) is 12.2. The van der Waals surface area contributed by atoms with Crippen molar-refractivity contribution in [3.8, 4) is 0 Å². The van der Waals surface area contributed by atoms with Crippen LogP contribution in [0.25, 0.3) is 0 Å². The maximum absolute atomic E-state index is 14.1. The maximum atomic E-state index is 14.1. The number of piperidine rings is 1. The first kappa shape index (κ1) is 30.4. The number of aliphatic hydroxyl groups is 1. The molecule has 0 aromatic heterocycles. The summed E-state index contributed by atoms with van der Waals surface area (Å²) in [6, 6.07) is 5.23. The van der Waals surface area contributed by atoms with Crippen LogP contribution in [0.15, 0.2) is 18.2 Å². The third kappa shape index (κ3) is 9.52. The van der Waals surface area contributed by atoms with Crippen LogP contribution in [0.5, 0.6) is 0 Å². The monoisotopic (exact) mass is 499 g/mol. The Bertz CT molecular complexity index is 825. The number of likely N-dealkylation sites (N-methyl/N-ethyl adjacent to an activating group) is 1. The zero-order valence-electron chi connectivity index (χ0n) is 20.9. The van der Waals surface area contributed by atoms with Crippen molar-refractivity contribution in [2.24, 2.45) is 0 Å². The third-order valence-electron chi connectivity index (χ3n) is 6.22. The first-order valence-electron chi connectivity index (χ1n) is 11.3. The zero-order valence-corrected chi connectivity index (χ0v) is 20.9. The number of rotatable bonds is 5. The number of nitrogens with zero attached hydrogens (tertiary/aromatic N) is 2. The van der Waals surface area contributed by atoms with Crippen LogP contribution in [-0.4, -0.2) is 102 Å². The molecule has 0 unspecified atom stereocenters. The first-order chi connectivity index (χ1) is 16.4. The van der Waals surface area contributed by atoms with Crippen LogP contribution in [0.1, 0.15) is 37.3 Å². The highest BCUT2D eigenvalue weighted by atomic mass is 19.1. The molecule has 2 heterocycles. The molecule has 4 N–H and O–H groups in total. The Labute approximate surface area is 205 Å². The van der Waals surface area contributed by atoms with Crippen molar-refractivity contribution in [3.63, 3.8) is 0 Å². The van der Waals surface area contributed by atoms with Crippen LogP contribution < -0.4 is 5.32 Å². The molecule has 198 valence electrons. The van der Waals surface area contributed by atoms with E-state index >= 15 is 0 Å². The SMILES string of the molecule is Cc1ccc(F)c(CN2CCC3(CC2)C[C@@](C)(NC(=O)CN(C)C)[C@H](O)CO3)c1.O=CO.O=CO. The molecule has 0 bridgehead atoms. The van der Waals surface area contributed by atoms with Crippen molar-refractivity contribution in [3.05, 3.63) is 35.1 Å². The molecule has 2 aliphatic heterocycles. The molecular weight excluding hydrogens is 461 g/mol. The fourth-order valence-corrected chi connectivity index (χ4v) is 4.56. The standard InChI is InChI=1S/C22H34FN3O3.2CH2O2/c1-16-5-6-18(23)17(11-16)12-26-9-7-22(8-10-26)15-21(2,19(27)14-29-22)24-20(28)13-25(3)4;2*2-1-3/h5-6,11,19,27H,7-10,12-15H2,1-4H3,(H,24,28);2*1H,(H,2,3)/t19-,21-;;/m1../s1. The van der Waals surface area contributed by atoms with Crippen molar-refractivity contribution in [1.82, 2.24) is 15.1 Å². The summed E-state index contributed by atoms with van der Waals surface area (Å²) in [5.74, 6) is -0.259. The van der Waals surface area contributed by atoms with Gasteiger partial charge in [-0.1, -0.05) is 17.7 Å². The van der Waals surface area contributed by atoms with Gasteiger partial charge in [0.2, 0.25) is 5.91 Å². The van der Waals surface area contributed by atoms with Gasteiger partial charge in [0, 0.05) is 31.6 Å². The van der Waals surface area contributed by atoms with Gasteiger partial charge in [0.25, 0.3) is 12.9 Å². The van der Waals surface area contributed by atoms with E-state index in [9.17, 15) is 14.3 Å². The summed E-state index contributed by atoms with van der Waals surface area (Å²) in [6.07, 6.45) is 1.43. The summed E-state index contributed by atoms with van der Waals surface area (Å²) in [6.45, 7) is 6.06. The second-order valence-electron chi connectivity index (χ2n) is 9.47. The second-order valence-corrected chi connectivity index (χ2v) is 9.47. The van der Waals surface area contributed by atoms with Crippen molar-refractivity contribution in [1.29, 1.82) is 0 Å². The van der Waals surface area contributed by atoms with Crippen LogP contribution in [0.4, 0.5) is 4.39 Å². The molecule has 2 atom stereocenters. The number of ether oxygens (including phenoxy) is 1. The molecule has 35 heavy (non-hydrogen) atoms. The highest BCUT2D eigenvalue weighted by molar-refractivity contribution is 5.78. The molecule has 0 saturated carbocycles. The molecule has 1 spiro atoms. The van der Waals surface area contributed by atoms with E-state index in [1.165, 1.54) is 6.07 Å². The van der Waals surface area contributed by atoms with E-state index in [1.54, 1.807) is 6.07 Å². The molecule has 3 rings (SSSR count). The maximum Gasteiger partial charge on any atom is 0.290 e. The van der Waals surface area contributed by atoms with Crippen molar-refractivity contribution in [2.45, 2.75) is 56.9 Å². The van der Waals surface area contributed by atoms with Crippen LogP contribution >= 0.6 is 0 Å². The molecule has 2 saturated heterocycles. The Balaban J connectivity index is 0.000000926. The summed E-state index contributed by atoms with van der Waals surface area (Å²) in [7, 11) is 3.69. The highest BCUT2D eigenvalue weighted by Gasteiger charge is 2.50. The fraction of sp³-hybridized carbons (Fsp3) is 0.625. The normalized spacial score (nSPS) is 23.3. The van der Waals surface area contributed by atoms with Gasteiger partial charge in [-0.15, -0.1) is 0 Å². The lowest BCUT2D eigenvalue weighted by Gasteiger charge is -2.52. The molecule has 0 aliphatic carbocycles. The number of carboxylic acid groups (broad SMARTS) is 2. The molecule has 2 fully saturated rings. The van der Waals surface area contributed by atoms with E-state index in [0.717, 1.165) is 37.1 Å². The van der Waals surface area contributed by atoms with Crippen LogP contribution in [-0.2, 0) is 25.7 Å². The van der Waals surface area contributed by atoms with Crippen LogP contribution in [0, 0.1) is 12.7 Å². The summed E-state index contributed by atoms with van der Waals surface area (Å²) in [5, 5.41) is 27.3. The summed E-state index contributed by atoms with van der Waals surface area (Å²) < 4.78 is 20.2. The number of aliphatic hydroxyl groups excluding tert-OH is 1. The van der Waals surface area contributed by atoms with Gasteiger partial charge in [0.15, 0.2) is 0 Å². The van der Waals surface area contributed by atoms with Gasteiger partial charge in [0.1, 0.15) is 11.9 Å². The van der Waals surface area contributed by atoms with E-state index < -0.39 is 11.6 Å². The lowest BCUT2D eigenvalue weighted by molar-refractivity contribution is -0.181. The Hall–Kier alpha value is -2.60. The predicted octanol–water partition coefficient (Wildman–Crippen LogP) is 1.09. The quantitative estimate of drug-likeness (QED) is 0.438. The van der Waals surface area contributed by atoms with Gasteiger partial charge < -0.3 is 30.3 Å². The Morgan fingerprint density at radius 1 is 1.26 bits per heavy atom. The van der Waals surface area contributed by atoms with Gasteiger partial charge >= 0.3 is 0 Å². The number of amides is 1. The van der Waals surface area contributed by atoms with Gasteiger partial charge in [-0.3, -0.25) is 19.3 Å². The van der Waals surface area contributed by atoms with E-state index in [4.69, 9.17) is 24.5 Å². The number of hydrogen-bond acceptors (Lipinski definition) is 7. The molecular formula is C24H38FN3O7. The van der Waals surface area contributed by atoms with Crippen molar-refractivity contribution < 1.29 is 38.8 Å². The largest absolute Gasteiger partial charge is 0.483 e. The number of halogens is 1. The van der Waals surface area contributed by atoms with Crippen molar-refractivity contribution >= 4 is 18.9 Å². The minimum absolute atomic E-state index is 0.0963. The Morgan fingerprint density at radius 2 is 1.83 bits per heavy atom. The molecule has 2 aliphatic rings. The minimum atomic E-state index is -0.737. The minimum Gasteiger partial charge on any atom is -0.483 e. The molecule has 1 amide bonds. The summed E-state index contributed by atoms with van der Waals surface area (Å²) in [4.78, 5) is 33.1. The number of likely N-dealkylation sites (tertiary alicyclic amines) is 1. The highest BCUT2D eigenvalue weighted by Crippen LogP contribution is 2.40. The van der Waals surface area contributed by atoms with Crippen LogP contribution in [0.3, 0.4) is 0 Å². The van der Waals surface area contributed by atoms with E-state index in [2.05, 4.69) is 10.2 Å². The predicted molar refractivity (Wildman–Crippen MR) is 127 cm³/mol. The number of nitrogens with one attached hydrogen (secondary N) is 1. The topological polar surface area (TPSA) is 140 Å². The molecule has 11 heteroatoms. The van der Waals surface area contributed by atoms with Gasteiger partial charge in [-0.05, 0) is 46.9 Å². The van der Waals surface area contributed by atoms with E-state index in [-0.39, 0.29) is 43.4 Å². The smallest absolute Gasteiger partial charge is 0.290 e. The lowest BCUT2D eigenvalue weighted by Crippen LogP contribution is -2.66. The number of hydrogen-bond donors (Lipinski definition) is 4. The molecule has 1 aromatic rings. The third-order valence-corrected chi connectivity index (χ3v) is 6.22. The number of benzene rings is 1. The van der Waals surface area contributed by atoms with E-state index in [1.807, 2.05) is 38.9 Å². The zero-order chi connectivity index (χ0) is 26.6. The molecule has 0 radical (unpaired) electrons. The summed E-state index contributed by atoms with van der Waals surface area (Å²) in [5.41, 5.74) is 0.711. The van der Waals surface area contributed by atoms with E-state index in [0.29, 0.717) is 13.0 Å². The number of aryl methyl sites for hydroxylation is 1. The van der Waals surface area contributed by atoms with Gasteiger partial charge in [0.05, 0.1) is 24.3 Å².